The molecule has 0 bridgehead atoms. The van der Waals surface area contributed by atoms with Crippen molar-refractivity contribution in [3.8, 4) is 0 Å². The van der Waals surface area contributed by atoms with Gasteiger partial charge < -0.3 is 14.7 Å². The lowest BCUT2D eigenvalue weighted by molar-refractivity contribution is 0.122. The zero-order valence-electron chi connectivity index (χ0n) is 11.1. The minimum Gasteiger partial charge on any atom is -0.325 e. The van der Waals surface area contributed by atoms with E-state index in [0.717, 1.165) is 39.0 Å². The number of nitrogens with zero attached hydrogens (tertiary/aromatic N) is 3. The molecule has 0 aromatic rings. The summed E-state index contributed by atoms with van der Waals surface area (Å²) in [7, 11) is 4.24. The maximum Gasteiger partial charge on any atom is 0.319 e. The van der Waals surface area contributed by atoms with Crippen LogP contribution in [0.5, 0.6) is 0 Å². The molecular weight excluding hydrogens is 202 g/mol. The van der Waals surface area contributed by atoms with Gasteiger partial charge >= 0.3 is 6.03 Å². The molecule has 0 atom stereocenters. The highest BCUT2D eigenvalue weighted by Crippen LogP contribution is 2.15. The van der Waals surface area contributed by atoms with Crippen LogP contribution in [0.2, 0.25) is 0 Å². The lowest BCUT2D eigenvalue weighted by Gasteiger charge is -2.37. The van der Waals surface area contributed by atoms with E-state index in [4.69, 9.17) is 0 Å². The lowest BCUT2D eigenvalue weighted by atomic mass is 10.0. The molecule has 4 nitrogen and oxygen atoms in total. The Labute approximate surface area is 99.2 Å². The monoisotopic (exact) mass is 227 g/mol. The fourth-order valence-corrected chi connectivity index (χ4v) is 2.27. The summed E-state index contributed by atoms with van der Waals surface area (Å²) >= 11 is 0. The van der Waals surface area contributed by atoms with E-state index in [1.165, 1.54) is 0 Å². The first-order valence-corrected chi connectivity index (χ1v) is 6.30. The highest BCUT2D eigenvalue weighted by molar-refractivity contribution is 5.74. The van der Waals surface area contributed by atoms with Gasteiger partial charge in [0.15, 0.2) is 0 Å². The van der Waals surface area contributed by atoms with Crippen LogP contribution >= 0.6 is 0 Å². The summed E-state index contributed by atoms with van der Waals surface area (Å²) in [6.45, 7) is 7.49. The maximum absolute atomic E-state index is 12.1. The number of amides is 2. The quantitative estimate of drug-likeness (QED) is 0.730. The molecule has 0 saturated carbocycles. The maximum atomic E-state index is 12.1. The molecule has 16 heavy (non-hydrogen) atoms. The molecule has 0 aromatic heterocycles. The third-order valence-corrected chi connectivity index (χ3v) is 3.50. The van der Waals surface area contributed by atoms with Crippen LogP contribution in [-0.4, -0.2) is 67.0 Å². The topological polar surface area (TPSA) is 26.8 Å². The van der Waals surface area contributed by atoms with Gasteiger partial charge in [-0.05, 0) is 40.8 Å². The van der Waals surface area contributed by atoms with Crippen LogP contribution in [0, 0.1) is 0 Å². The predicted octanol–water partition coefficient (Wildman–Crippen LogP) is 1.47. The minimum absolute atomic E-state index is 0.210. The smallest absolute Gasteiger partial charge is 0.319 e. The summed E-state index contributed by atoms with van der Waals surface area (Å²) in [5.41, 5.74) is 0. The number of rotatable bonds is 3. The Hall–Kier alpha value is -0.770. The van der Waals surface area contributed by atoms with Gasteiger partial charge in [0, 0.05) is 32.2 Å². The standard InChI is InChI=1S/C12H25N3O/c1-5-14(6-2)12(16)15-9-7-11(8-10-15)13(3)4/h11H,5-10H2,1-4H3. The summed E-state index contributed by atoms with van der Waals surface area (Å²) in [6, 6.07) is 0.850. The van der Waals surface area contributed by atoms with Gasteiger partial charge in [-0.2, -0.15) is 0 Å². The second-order valence-electron chi connectivity index (χ2n) is 4.64. The van der Waals surface area contributed by atoms with Crippen molar-refractivity contribution in [3.05, 3.63) is 0 Å². The molecular formula is C12H25N3O. The van der Waals surface area contributed by atoms with Crippen molar-refractivity contribution in [2.75, 3.05) is 40.3 Å². The third-order valence-electron chi connectivity index (χ3n) is 3.50. The predicted molar refractivity (Wildman–Crippen MR) is 66.6 cm³/mol. The highest BCUT2D eigenvalue weighted by atomic mass is 16.2. The molecule has 1 aliphatic rings. The number of hydrogen-bond donors (Lipinski definition) is 0. The second-order valence-corrected chi connectivity index (χ2v) is 4.64. The molecule has 0 N–H and O–H groups in total. The van der Waals surface area contributed by atoms with Gasteiger partial charge in [0.1, 0.15) is 0 Å². The van der Waals surface area contributed by atoms with Crippen LogP contribution in [0.3, 0.4) is 0 Å². The fourth-order valence-electron chi connectivity index (χ4n) is 2.27. The van der Waals surface area contributed by atoms with Crippen molar-refractivity contribution in [1.29, 1.82) is 0 Å². The van der Waals surface area contributed by atoms with E-state index in [9.17, 15) is 4.79 Å². The van der Waals surface area contributed by atoms with E-state index in [0.29, 0.717) is 6.04 Å². The largest absolute Gasteiger partial charge is 0.325 e. The summed E-state index contributed by atoms with van der Waals surface area (Å²) in [6.07, 6.45) is 2.19. The van der Waals surface area contributed by atoms with Crippen molar-refractivity contribution in [2.45, 2.75) is 32.7 Å². The van der Waals surface area contributed by atoms with Gasteiger partial charge in [0.2, 0.25) is 0 Å². The van der Waals surface area contributed by atoms with E-state index >= 15 is 0 Å². The Balaban J connectivity index is 2.44. The van der Waals surface area contributed by atoms with Crippen LogP contribution in [0.15, 0.2) is 0 Å². The Bertz CT molecular complexity index is 218. The van der Waals surface area contributed by atoms with Gasteiger partial charge in [-0.1, -0.05) is 0 Å². The van der Waals surface area contributed by atoms with Crippen molar-refractivity contribution in [2.24, 2.45) is 0 Å². The molecule has 4 heteroatoms. The molecule has 0 radical (unpaired) electrons. The number of urea groups is 1. The Morgan fingerprint density at radius 3 is 2.06 bits per heavy atom. The molecule has 0 aromatic carbocycles. The summed E-state index contributed by atoms with van der Waals surface area (Å²) in [4.78, 5) is 18.2. The number of hydrogen-bond acceptors (Lipinski definition) is 2. The Morgan fingerprint density at radius 2 is 1.69 bits per heavy atom. The molecule has 94 valence electrons. The Morgan fingerprint density at radius 1 is 1.19 bits per heavy atom. The highest BCUT2D eigenvalue weighted by Gasteiger charge is 2.25. The normalized spacial score (nSPS) is 17.9. The SMILES string of the molecule is CCN(CC)C(=O)N1CCC(N(C)C)CC1. The Kier molecular flexibility index (Phi) is 5.06. The summed E-state index contributed by atoms with van der Waals surface area (Å²) in [5.74, 6) is 0. The van der Waals surface area contributed by atoms with E-state index in [-0.39, 0.29) is 6.03 Å². The summed E-state index contributed by atoms with van der Waals surface area (Å²) < 4.78 is 0. The number of likely N-dealkylation sites (tertiary alicyclic amines) is 1. The molecule has 1 heterocycles. The van der Waals surface area contributed by atoms with E-state index < -0.39 is 0 Å². The minimum atomic E-state index is 0.210. The van der Waals surface area contributed by atoms with Gasteiger partial charge in [-0.15, -0.1) is 0 Å². The average Bonchev–Trinajstić information content (AvgIpc) is 2.30. The van der Waals surface area contributed by atoms with Crippen LogP contribution in [-0.2, 0) is 0 Å². The van der Waals surface area contributed by atoms with Crippen molar-refractivity contribution in [3.63, 3.8) is 0 Å². The fraction of sp³-hybridized carbons (Fsp3) is 0.917. The average molecular weight is 227 g/mol. The molecule has 1 aliphatic heterocycles. The lowest BCUT2D eigenvalue weighted by Crippen LogP contribution is -2.49. The zero-order valence-corrected chi connectivity index (χ0v) is 11.1. The van der Waals surface area contributed by atoms with Crippen LogP contribution in [0.1, 0.15) is 26.7 Å². The van der Waals surface area contributed by atoms with Gasteiger partial charge in [-0.25, -0.2) is 4.79 Å². The molecule has 0 aliphatic carbocycles. The van der Waals surface area contributed by atoms with Crippen molar-refractivity contribution in [1.82, 2.24) is 14.7 Å². The zero-order chi connectivity index (χ0) is 12.1. The molecule has 0 unspecified atom stereocenters. The van der Waals surface area contributed by atoms with Crippen LogP contribution < -0.4 is 0 Å². The van der Waals surface area contributed by atoms with Crippen molar-refractivity contribution < 1.29 is 4.79 Å². The molecule has 1 saturated heterocycles. The van der Waals surface area contributed by atoms with E-state index in [1.807, 2.05) is 23.6 Å². The van der Waals surface area contributed by atoms with Crippen LogP contribution in [0.25, 0.3) is 0 Å². The third kappa shape index (κ3) is 3.11. The van der Waals surface area contributed by atoms with Crippen molar-refractivity contribution >= 4 is 6.03 Å². The van der Waals surface area contributed by atoms with Gasteiger partial charge in [0.05, 0.1) is 0 Å². The van der Waals surface area contributed by atoms with Crippen LogP contribution in [0.4, 0.5) is 4.79 Å². The van der Waals surface area contributed by atoms with Gasteiger partial charge in [0.25, 0.3) is 0 Å². The molecule has 1 rings (SSSR count). The van der Waals surface area contributed by atoms with E-state index in [1.54, 1.807) is 0 Å². The molecule has 0 spiro atoms. The number of piperidine rings is 1. The summed E-state index contributed by atoms with van der Waals surface area (Å²) in [5, 5.41) is 0. The number of carbonyl (C=O) groups excluding carboxylic acids is 1. The first kappa shape index (κ1) is 13.3. The number of carbonyl (C=O) groups is 1. The molecule has 2 amide bonds. The second kappa shape index (κ2) is 6.09. The first-order valence-electron chi connectivity index (χ1n) is 6.30. The van der Waals surface area contributed by atoms with E-state index in [2.05, 4.69) is 19.0 Å². The first-order chi connectivity index (χ1) is 7.60. The molecule has 1 fully saturated rings. The van der Waals surface area contributed by atoms with Gasteiger partial charge in [-0.3, -0.25) is 0 Å².